The highest BCUT2D eigenvalue weighted by Crippen LogP contribution is 2.25. The van der Waals surface area contributed by atoms with Crippen LogP contribution in [0.2, 0.25) is 0 Å². The Bertz CT molecular complexity index is 1650. The summed E-state index contributed by atoms with van der Waals surface area (Å²) in [6, 6.07) is 19.1. The molecular weight excluding hydrogens is 458 g/mol. The van der Waals surface area contributed by atoms with E-state index in [-0.39, 0.29) is 17.2 Å². The van der Waals surface area contributed by atoms with Crippen LogP contribution in [0, 0.1) is 5.92 Å². The van der Waals surface area contributed by atoms with Gasteiger partial charge in [0.1, 0.15) is 5.69 Å². The van der Waals surface area contributed by atoms with Gasteiger partial charge in [-0.2, -0.15) is 5.10 Å². The van der Waals surface area contributed by atoms with Crippen molar-refractivity contribution in [1.29, 1.82) is 0 Å². The molecule has 0 spiro atoms. The Kier molecular flexibility index (Phi) is 6.03. The zero-order valence-corrected chi connectivity index (χ0v) is 19.7. The fourth-order valence-electron chi connectivity index (χ4n) is 4.03. The van der Waals surface area contributed by atoms with Crippen molar-refractivity contribution in [2.75, 3.05) is 0 Å². The number of hydrogen-bond acceptors (Lipinski definition) is 6. The maximum absolute atomic E-state index is 13.2. The van der Waals surface area contributed by atoms with Crippen LogP contribution in [0.15, 0.2) is 82.2 Å². The zero-order valence-electron chi connectivity index (χ0n) is 19.7. The van der Waals surface area contributed by atoms with Gasteiger partial charge in [0, 0.05) is 17.3 Å². The van der Waals surface area contributed by atoms with Crippen molar-refractivity contribution in [1.82, 2.24) is 25.6 Å². The number of carbonyl (C=O) groups is 2. The maximum atomic E-state index is 13.2. The summed E-state index contributed by atoms with van der Waals surface area (Å²) >= 11 is 0. The molecule has 9 heteroatoms. The lowest BCUT2D eigenvalue weighted by atomic mass is 10.1. The molecule has 0 aliphatic heterocycles. The molecule has 36 heavy (non-hydrogen) atoms. The molecule has 3 aromatic heterocycles. The van der Waals surface area contributed by atoms with Gasteiger partial charge in [-0.1, -0.05) is 50.2 Å². The molecule has 2 N–H and O–H groups in total. The molecule has 0 atom stereocenters. The number of nitrogens with zero attached hydrogens (tertiary/aromatic N) is 3. The lowest BCUT2D eigenvalue weighted by Crippen LogP contribution is -2.43. The second kappa shape index (κ2) is 9.46. The first-order valence-corrected chi connectivity index (χ1v) is 11.5. The van der Waals surface area contributed by atoms with Crippen LogP contribution >= 0.6 is 0 Å². The van der Waals surface area contributed by atoms with E-state index in [1.54, 1.807) is 60.7 Å². The van der Waals surface area contributed by atoms with Crippen molar-refractivity contribution in [3.05, 3.63) is 94.6 Å². The van der Waals surface area contributed by atoms with E-state index in [0.717, 1.165) is 0 Å². The van der Waals surface area contributed by atoms with E-state index in [4.69, 9.17) is 4.42 Å². The third kappa shape index (κ3) is 4.34. The number of rotatable bonds is 5. The fourth-order valence-corrected chi connectivity index (χ4v) is 4.03. The van der Waals surface area contributed by atoms with Crippen molar-refractivity contribution in [3.63, 3.8) is 0 Å². The predicted molar refractivity (Wildman–Crippen MR) is 135 cm³/mol. The standard InChI is InChI=1S/C27H23N5O4/c1-16(2)15-32-27(35)19-10-4-3-9-18(19)24(31-32)26(34)30-29-25(33)20-14-22(23-12-7-13-36-23)28-21-11-6-5-8-17(20)21/h3-14,16H,15H2,1-2H3,(H,29,33)(H,30,34). The molecule has 3 heterocycles. The molecule has 5 rings (SSSR count). The molecule has 0 fully saturated rings. The predicted octanol–water partition coefficient (Wildman–Crippen LogP) is 3.94. The highest BCUT2D eigenvalue weighted by molar-refractivity contribution is 6.09. The van der Waals surface area contributed by atoms with Crippen molar-refractivity contribution in [3.8, 4) is 11.5 Å². The highest BCUT2D eigenvalue weighted by Gasteiger charge is 2.19. The van der Waals surface area contributed by atoms with Gasteiger partial charge >= 0.3 is 0 Å². The van der Waals surface area contributed by atoms with E-state index < -0.39 is 11.8 Å². The number of para-hydroxylation sites is 1. The molecule has 9 nitrogen and oxygen atoms in total. The summed E-state index contributed by atoms with van der Waals surface area (Å²) in [6.45, 7) is 4.27. The van der Waals surface area contributed by atoms with Crippen LogP contribution in [0.1, 0.15) is 34.7 Å². The van der Waals surface area contributed by atoms with Gasteiger partial charge in [0.2, 0.25) is 0 Å². The van der Waals surface area contributed by atoms with Gasteiger partial charge in [-0.05, 0) is 36.2 Å². The van der Waals surface area contributed by atoms with E-state index in [9.17, 15) is 14.4 Å². The molecule has 0 bridgehead atoms. The minimum absolute atomic E-state index is 0.0435. The monoisotopic (exact) mass is 481 g/mol. The molecule has 0 radical (unpaired) electrons. The summed E-state index contributed by atoms with van der Waals surface area (Å²) in [7, 11) is 0. The Hall–Kier alpha value is -4.79. The van der Waals surface area contributed by atoms with E-state index in [1.165, 1.54) is 10.9 Å². The summed E-state index contributed by atoms with van der Waals surface area (Å²) in [5.41, 5.74) is 6.11. The molecule has 0 unspecified atom stereocenters. The zero-order chi connectivity index (χ0) is 25.2. The number of amides is 2. The van der Waals surface area contributed by atoms with Crippen LogP contribution in [0.3, 0.4) is 0 Å². The molecule has 0 aliphatic carbocycles. The SMILES string of the molecule is CC(C)Cn1nc(C(=O)NNC(=O)c2cc(-c3ccco3)nc3ccccc23)c2ccccc2c1=O. The molecule has 5 aromatic rings. The minimum atomic E-state index is -0.637. The van der Waals surface area contributed by atoms with E-state index in [0.29, 0.717) is 45.2 Å². The third-order valence-corrected chi connectivity index (χ3v) is 5.64. The largest absolute Gasteiger partial charge is 0.463 e. The fraction of sp³-hybridized carbons (Fsp3) is 0.148. The van der Waals surface area contributed by atoms with Crippen molar-refractivity contribution >= 4 is 33.5 Å². The number of furan rings is 1. The number of aromatic nitrogens is 3. The minimum Gasteiger partial charge on any atom is -0.463 e. The van der Waals surface area contributed by atoms with Crippen molar-refractivity contribution in [2.45, 2.75) is 20.4 Å². The molecule has 2 aromatic carbocycles. The van der Waals surface area contributed by atoms with Crippen molar-refractivity contribution in [2.24, 2.45) is 5.92 Å². The quantitative estimate of drug-likeness (QED) is 0.367. The summed E-state index contributed by atoms with van der Waals surface area (Å²) in [5.74, 6) is -0.506. The van der Waals surface area contributed by atoms with Gasteiger partial charge in [-0.15, -0.1) is 0 Å². The first-order valence-electron chi connectivity index (χ1n) is 11.5. The first-order chi connectivity index (χ1) is 17.4. The molecule has 0 saturated heterocycles. The Labute approximate surface area is 205 Å². The Morgan fingerprint density at radius 3 is 2.33 bits per heavy atom. The summed E-state index contributed by atoms with van der Waals surface area (Å²) < 4.78 is 6.74. The van der Waals surface area contributed by atoms with E-state index in [2.05, 4.69) is 20.9 Å². The number of fused-ring (bicyclic) bond motifs is 2. The van der Waals surface area contributed by atoms with Crippen LogP contribution in [0.25, 0.3) is 33.1 Å². The van der Waals surface area contributed by atoms with Gasteiger partial charge < -0.3 is 4.42 Å². The molecule has 180 valence electrons. The molecule has 2 amide bonds. The lowest BCUT2D eigenvalue weighted by molar-refractivity contribution is 0.0844. The van der Waals surface area contributed by atoms with Gasteiger partial charge in [0.15, 0.2) is 11.5 Å². The van der Waals surface area contributed by atoms with Crippen LogP contribution in [0.4, 0.5) is 0 Å². The average Bonchev–Trinajstić information content (AvgIpc) is 3.43. The van der Waals surface area contributed by atoms with Gasteiger partial charge in [0.25, 0.3) is 17.4 Å². The van der Waals surface area contributed by atoms with Crippen molar-refractivity contribution < 1.29 is 14.0 Å². The highest BCUT2D eigenvalue weighted by atomic mass is 16.3. The smallest absolute Gasteiger partial charge is 0.290 e. The number of hydrazine groups is 1. The summed E-state index contributed by atoms with van der Waals surface area (Å²) in [6.07, 6.45) is 1.53. The number of hydrogen-bond donors (Lipinski definition) is 2. The van der Waals surface area contributed by atoms with E-state index in [1.807, 2.05) is 19.9 Å². The summed E-state index contributed by atoms with van der Waals surface area (Å²) in [5, 5.41) is 5.72. The van der Waals surface area contributed by atoms with Crippen LogP contribution in [0.5, 0.6) is 0 Å². The molecular formula is C27H23N5O4. The van der Waals surface area contributed by atoms with Crippen LogP contribution in [-0.2, 0) is 6.54 Å². The maximum Gasteiger partial charge on any atom is 0.290 e. The average molecular weight is 482 g/mol. The molecule has 0 saturated carbocycles. The Morgan fingerprint density at radius 1 is 0.917 bits per heavy atom. The van der Waals surface area contributed by atoms with Crippen LogP contribution < -0.4 is 16.4 Å². The first kappa shape index (κ1) is 23.0. The Morgan fingerprint density at radius 2 is 1.61 bits per heavy atom. The second-order valence-corrected chi connectivity index (χ2v) is 8.73. The number of pyridine rings is 1. The lowest BCUT2D eigenvalue weighted by Gasteiger charge is -2.13. The number of nitrogens with one attached hydrogen (secondary N) is 2. The number of carbonyl (C=O) groups excluding carboxylic acids is 2. The van der Waals surface area contributed by atoms with E-state index >= 15 is 0 Å². The van der Waals surface area contributed by atoms with Gasteiger partial charge in [-0.25, -0.2) is 9.67 Å². The topological polar surface area (TPSA) is 119 Å². The normalized spacial score (nSPS) is 11.2. The Balaban J connectivity index is 1.47. The summed E-state index contributed by atoms with van der Waals surface area (Å²) in [4.78, 5) is 43.7. The van der Waals surface area contributed by atoms with Gasteiger partial charge in [0.05, 0.1) is 22.7 Å². The number of benzene rings is 2. The third-order valence-electron chi connectivity index (χ3n) is 5.64. The second-order valence-electron chi connectivity index (χ2n) is 8.73. The van der Waals surface area contributed by atoms with Gasteiger partial charge in [-0.3, -0.25) is 25.2 Å². The van der Waals surface area contributed by atoms with Crippen LogP contribution in [-0.4, -0.2) is 26.6 Å². The molecule has 0 aliphatic rings.